The van der Waals surface area contributed by atoms with Crippen LogP contribution in [0.2, 0.25) is 0 Å². The monoisotopic (exact) mass is 325 g/mol. The largest absolute Gasteiger partial charge is 0.332 e. The minimum atomic E-state index is -2.56. The minimum Gasteiger partial charge on any atom is -0.332 e. The number of hydrogen-bond donors (Lipinski definition) is 0. The van der Waals surface area contributed by atoms with E-state index in [9.17, 15) is 13.6 Å². The molecular weight excluding hydrogens is 315 g/mol. The van der Waals surface area contributed by atoms with Crippen molar-refractivity contribution >= 4 is 33.4 Å². The highest BCUT2D eigenvalue weighted by molar-refractivity contribution is 9.10. The van der Waals surface area contributed by atoms with E-state index in [1.54, 1.807) is 24.3 Å². The molecule has 0 heterocycles. The van der Waals surface area contributed by atoms with E-state index in [1.165, 1.54) is 0 Å². The van der Waals surface area contributed by atoms with Crippen molar-refractivity contribution in [2.75, 3.05) is 19.0 Å². The molecule has 17 heavy (non-hydrogen) atoms. The first kappa shape index (κ1) is 14.4. The molecule has 6 heteroatoms. The van der Waals surface area contributed by atoms with Crippen molar-refractivity contribution in [3.05, 3.63) is 34.3 Å². The molecule has 1 aromatic carbocycles. The van der Waals surface area contributed by atoms with E-state index in [1.807, 2.05) is 0 Å². The van der Waals surface area contributed by atoms with Crippen molar-refractivity contribution in [3.8, 4) is 0 Å². The highest BCUT2D eigenvalue weighted by Crippen LogP contribution is 2.14. The molecule has 0 spiro atoms. The third-order valence-corrected chi connectivity index (χ3v) is 2.73. The molecule has 0 bridgehead atoms. The molecule has 0 saturated heterocycles. The summed E-state index contributed by atoms with van der Waals surface area (Å²) >= 11 is 8.72. The Morgan fingerprint density at radius 2 is 2.18 bits per heavy atom. The molecule has 0 aliphatic rings. The van der Waals surface area contributed by atoms with Crippen molar-refractivity contribution < 1.29 is 13.6 Å². The van der Waals surface area contributed by atoms with Gasteiger partial charge in [-0.3, -0.25) is 4.79 Å². The smallest absolute Gasteiger partial charge is 0.255 e. The van der Waals surface area contributed by atoms with Crippen LogP contribution in [0, 0.1) is 0 Å². The van der Waals surface area contributed by atoms with Gasteiger partial charge in [-0.15, -0.1) is 11.6 Å². The summed E-state index contributed by atoms with van der Waals surface area (Å²) in [5.41, 5.74) is 0.366. The maximum Gasteiger partial charge on any atom is 0.255 e. The van der Waals surface area contributed by atoms with E-state index in [-0.39, 0.29) is 12.4 Å². The first-order valence-electron chi connectivity index (χ1n) is 4.93. The molecule has 0 fully saturated rings. The minimum absolute atomic E-state index is 0.108. The Bertz CT molecular complexity index is 389. The number of carbonyl (C=O) groups excluding carboxylic acids is 1. The van der Waals surface area contributed by atoms with Gasteiger partial charge in [-0.2, -0.15) is 0 Å². The Morgan fingerprint density at radius 1 is 1.47 bits per heavy atom. The van der Waals surface area contributed by atoms with E-state index >= 15 is 0 Å². The van der Waals surface area contributed by atoms with E-state index < -0.39 is 18.9 Å². The van der Waals surface area contributed by atoms with Crippen LogP contribution in [0.4, 0.5) is 8.78 Å². The van der Waals surface area contributed by atoms with Gasteiger partial charge in [0.1, 0.15) is 0 Å². The summed E-state index contributed by atoms with van der Waals surface area (Å²) in [6.07, 6.45) is -2.56. The lowest BCUT2D eigenvalue weighted by Gasteiger charge is -2.21. The summed E-state index contributed by atoms with van der Waals surface area (Å²) in [6.45, 7) is -0.491. The summed E-state index contributed by atoms with van der Waals surface area (Å²) in [7, 11) is 0. The Labute approximate surface area is 112 Å². The maximum atomic E-state index is 12.3. The second-order valence-electron chi connectivity index (χ2n) is 3.34. The van der Waals surface area contributed by atoms with Crippen LogP contribution in [0.25, 0.3) is 0 Å². The van der Waals surface area contributed by atoms with E-state index in [0.717, 1.165) is 9.37 Å². The predicted molar refractivity (Wildman–Crippen MR) is 66.8 cm³/mol. The van der Waals surface area contributed by atoms with Crippen LogP contribution in [0.5, 0.6) is 0 Å². The Kier molecular flexibility index (Phi) is 5.85. The lowest BCUT2D eigenvalue weighted by Crippen LogP contribution is -2.36. The predicted octanol–water partition coefficient (Wildman–Crippen LogP) is 3.40. The molecule has 0 aliphatic carbocycles. The number of benzene rings is 1. The SMILES string of the molecule is O=C(c1cccc(Br)c1)N(CCCl)CC(F)F. The lowest BCUT2D eigenvalue weighted by atomic mass is 10.2. The zero-order valence-electron chi connectivity index (χ0n) is 8.88. The van der Waals surface area contributed by atoms with E-state index in [2.05, 4.69) is 15.9 Å². The molecule has 1 aromatic rings. The molecule has 0 atom stereocenters. The van der Waals surface area contributed by atoms with Gasteiger partial charge in [0.15, 0.2) is 0 Å². The summed E-state index contributed by atoms with van der Waals surface area (Å²) in [6, 6.07) is 6.61. The van der Waals surface area contributed by atoms with Crippen molar-refractivity contribution in [2.45, 2.75) is 6.43 Å². The van der Waals surface area contributed by atoms with Crippen molar-refractivity contribution in [1.82, 2.24) is 4.90 Å². The summed E-state index contributed by atoms with van der Waals surface area (Å²) in [4.78, 5) is 13.0. The zero-order chi connectivity index (χ0) is 12.8. The third kappa shape index (κ3) is 4.60. The van der Waals surface area contributed by atoms with Crippen LogP contribution in [0.3, 0.4) is 0 Å². The highest BCUT2D eigenvalue weighted by Gasteiger charge is 2.19. The lowest BCUT2D eigenvalue weighted by molar-refractivity contribution is 0.0571. The molecule has 94 valence electrons. The number of rotatable bonds is 5. The van der Waals surface area contributed by atoms with Crippen molar-refractivity contribution in [3.63, 3.8) is 0 Å². The van der Waals surface area contributed by atoms with Crippen molar-refractivity contribution in [2.24, 2.45) is 0 Å². The molecule has 1 rings (SSSR count). The van der Waals surface area contributed by atoms with Gasteiger partial charge in [0.25, 0.3) is 12.3 Å². The van der Waals surface area contributed by atoms with Crippen molar-refractivity contribution in [1.29, 1.82) is 0 Å². The van der Waals surface area contributed by atoms with Crippen LogP contribution in [-0.4, -0.2) is 36.2 Å². The summed E-state index contributed by atoms with van der Waals surface area (Å²) in [5, 5.41) is 0. The summed E-state index contributed by atoms with van der Waals surface area (Å²) in [5.74, 6) is -0.306. The molecule has 0 N–H and O–H groups in total. The quantitative estimate of drug-likeness (QED) is 0.760. The van der Waals surface area contributed by atoms with Crippen LogP contribution in [0.1, 0.15) is 10.4 Å². The van der Waals surface area contributed by atoms with Crippen LogP contribution >= 0.6 is 27.5 Å². The fourth-order valence-electron chi connectivity index (χ4n) is 1.35. The maximum absolute atomic E-state index is 12.3. The van der Waals surface area contributed by atoms with Gasteiger partial charge in [-0.25, -0.2) is 8.78 Å². The fraction of sp³-hybridized carbons (Fsp3) is 0.364. The third-order valence-electron chi connectivity index (χ3n) is 2.07. The number of carbonyl (C=O) groups is 1. The van der Waals surface area contributed by atoms with Gasteiger partial charge < -0.3 is 4.90 Å². The Hall–Kier alpha value is -0.680. The van der Waals surface area contributed by atoms with Gasteiger partial charge in [0.05, 0.1) is 6.54 Å². The van der Waals surface area contributed by atoms with E-state index in [4.69, 9.17) is 11.6 Å². The average Bonchev–Trinajstić information content (AvgIpc) is 2.27. The molecule has 0 radical (unpaired) electrons. The van der Waals surface area contributed by atoms with Crippen LogP contribution in [0.15, 0.2) is 28.7 Å². The van der Waals surface area contributed by atoms with Gasteiger partial charge in [0.2, 0.25) is 0 Å². The molecule has 0 saturated carbocycles. The topological polar surface area (TPSA) is 20.3 Å². The van der Waals surface area contributed by atoms with Gasteiger partial charge in [-0.05, 0) is 18.2 Å². The van der Waals surface area contributed by atoms with Crippen LogP contribution < -0.4 is 0 Å². The number of amides is 1. The molecule has 0 unspecified atom stereocenters. The number of halogens is 4. The van der Waals surface area contributed by atoms with Crippen LogP contribution in [-0.2, 0) is 0 Å². The molecule has 2 nitrogen and oxygen atoms in total. The fourth-order valence-corrected chi connectivity index (χ4v) is 1.95. The number of nitrogens with zero attached hydrogens (tertiary/aromatic N) is 1. The highest BCUT2D eigenvalue weighted by atomic mass is 79.9. The molecule has 0 aliphatic heterocycles. The Morgan fingerprint density at radius 3 is 2.71 bits per heavy atom. The average molecular weight is 327 g/mol. The molecule has 1 amide bonds. The first-order valence-corrected chi connectivity index (χ1v) is 6.26. The Balaban J connectivity index is 2.83. The molecular formula is C11H11BrClF2NO. The van der Waals surface area contributed by atoms with Gasteiger partial charge >= 0.3 is 0 Å². The first-order chi connectivity index (χ1) is 8.04. The van der Waals surface area contributed by atoms with Gasteiger partial charge in [0, 0.05) is 22.5 Å². The second kappa shape index (κ2) is 6.91. The number of hydrogen-bond acceptors (Lipinski definition) is 1. The normalized spacial score (nSPS) is 10.6. The summed E-state index contributed by atoms with van der Waals surface area (Å²) < 4.78 is 25.4. The zero-order valence-corrected chi connectivity index (χ0v) is 11.2. The molecule has 0 aromatic heterocycles. The second-order valence-corrected chi connectivity index (χ2v) is 4.64. The number of alkyl halides is 3. The van der Waals surface area contributed by atoms with E-state index in [0.29, 0.717) is 5.56 Å². The standard InChI is InChI=1S/C11H11BrClF2NO/c12-9-3-1-2-8(6-9)11(17)16(5-4-13)7-10(14)15/h1-3,6,10H,4-5,7H2. The van der Waals surface area contributed by atoms with Gasteiger partial charge in [-0.1, -0.05) is 22.0 Å².